The molecule has 1 amide bonds. The van der Waals surface area contributed by atoms with Crippen LogP contribution >= 0.6 is 0 Å². The van der Waals surface area contributed by atoms with Crippen molar-refractivity contribution in [3.63, 3.8) is 0 Å². The highest BCUT2D eigenvalue weighted by Gasteiger charge is 2.19. The van der Waals surface area contributed by atoms with Crippen LogP contribution in [0.2, 0.25) is 0 Å². The molecule has 24 heavy (non-hydrogen) atoms. The second-order valence-electron chi connectivity index (χ2n) is 5.01. The Kier molecular flexibility index (Phi) is 4.33. The number of para-hydroxylation sites is 1. The predicted octanol–water partition coefficient (Wildman–Crippen LogP) is 3.18. The maximum absolute atomic E-state index is 12.1. The highest BCUT2D eigenvalue weighted by atomic mass is 16.6. The number of nitro benzene ring substituents is 1. The van der Waals surface area contributed by atoms with E-state index in [9.17, 15) is 14.9 Å². The number of rotatable bonds is 5. The first-order valence-corrected chi connectivity index (χ1v) is 7.18. The van der Waals surface area contributed by atoms with Crippen molar-refractivity contribution in [3.05, 3.63) is 82.0 Å². The van der Waals surface area contributed by atoms with E-state index in [-0.39, 0.29) is 17.8 Å². The Morgan fingerprint density at radius 1 is 1.12 bits per heavy atom. The summed E-state index contributed by atoms with van der Waals surface area (Å²) in [4.78, 5) is 22.5. The van der Waals surface area contributed by atoms with Gasteiger partial charge in [-0.1, -0.05) is 47.6 Å². The number of hydrogen-bond donors (Lipinski definition) is 1. The Labute approximate surface area is 137 Å². The topological polar surface area (TPSA) is 98.3 Å². The number of amides is 1. The minimum Gasteiger partial charge on any atom is -0.356 e. The molecule has 7 nitrogen and oxygen atoms in total. The molecule has 1 aromatic heterocycles. The van der Waals surface area contributed by atoms with E-state index in [4.69, 9.17) is 4.52 Å². The van der Waals surface area contributed by atoms with Crippen LogP contribution in [0.25, 0.3) is 11.3 Å². The quantitative estimate of drug-likeness (QED) is 0.574. The molecule has 0 fully saturated rings. The van der Waals surface area contributed by atoms with Gasteiger partial charge in [-0.15, -0.1) is 0 Å². The molecule has 0 aliphatic rings. The molecule has 0 bridgehead atoms. The van der Waals surface area contributed by atoms with Gasteiger partial charge in [0.25, 0.3) is 11.6 Å². The van der Waals surface area contributed by atoms with Crippen LogP contribution in [0, 0.1) is 10.1 Å². The normalized spacial score (nSPS) is 10.3. The van der Waals surface area contributed by atoms with E-state index in [1.807, 2.05) is 30.3 Å². The van der Waals surface area contributed by atoms with Crippen molar-refractivity contribution >= 4 is 11.6 Å². The van der Waals surface area contributed by atoms with E-state index in [0.29, 0.717) is 11.5 Å². The van der Waals surface area contributed by atoms with Gasteiger partial charge in [0.2, 0.25) is 0 Å². The number of nitrogens with one attached hydrogen (secondary N) is 1. The fourth-order valence-corrected chi connectivity index (χ4v) is 2.22. The highest BCUT2D eigenvalue weighted by Crippen LogP contribution is 2.20. The monoisotopic (exact) mass is 323 g/mol. The Morgan fingerprint density at radius 3 is 2.58 bits per heavy atom. The van der Waals surface area contributed by atoms with Crippen LogP contribution in [0.15, 0.2) is 65.2 Å². The lowest BCUT2D eigenvalue weighted by Gasteiger charge is -2.03. The number of nitrogens with zero attached hydrogens (tertiary/aromatic N) is 2. The highest BCUT2D eigenvalue weighted by molar-refractivity contribution is 5.98. The summed E-state index contributed by atoms with van der Waals surface area (Å²) in [6, 6.07) is 16.9. The number of nitro groups is 1. The number of aromatic nitrogens is 1. The van der Waals surface area contributed by atoms with E-state index in [1.54, 1.807) is 12.1 Å². The number of benzene rings is 2. The number of hydrogen-bond acceptors (Lipinski definition) is 5. The lowest BCUT2D eigenvalue weighted by atomic mass is 10.1. The van der Waals surface area contributed by atoms with Crippen molar-refractivity contribution in [2.45, 2.75) is 6.54 Å². The molecule has 0 atom stereocenters. The third-order valence-electron chi connectivity index (χ3n) is 3.39. The van der Waals surface area contributed by atoms with Crippen molar-refractivity contribution in [2.75, 3.05) is 0 Å². The summed E-state index contributed by atoms with van der Waals surface area (Å²) in [5.74, 6) is 0.0529. The number of carbonyl (C=O) groups is 1. The summed E-state index contributed by atoms with van der Waals surface area (Å²) < 4.78 is 5.24. The van der Waals surface area contributed by atoms with Crippen molar-refractivity contribution in [3.8, 4) is 11.3 Å². The summed E-state index contributed by atoms with van der Waals surface area (Å²) in [5.41, 5.74) is 1.18. The summed E-state index contributed by atoms with van der Waals surface area (Å²) in [6.45, 7) is 0.112. The average molecular weight is 323 g/mol. The molecule has 1 heterocycles. The van der Waals surface area contributed by atoms with Gasteiger partial charge >= 0.3 is 0 Å². The van der Waals surface area contributed by atoms with Gasteiger partial charge in [0.1, 0.15) is 11.3 Å². The first kappa shape index (κ1) is 15.4. The van der Waals surface area contributed by atoms with Gasteiger partial charge in [-0.3, -0.25) is 14.9 Å². The lowest BCUT2D eigenvalue weighted by Crippen LogP contribution is -2.23. The van der Waals surface area contributed by atoms with Crippen molar-refractivity contribution < 1.29 is 14.2 Å². The third kappa shape index (κ3) is 3.30. The van der Waals surface area contributed by atoms with Crippen LogP contribution < -0.4 is 5.32 Å². The molecule has 1 N–H and O–H groups in total. The molecule has 0 radical (unpaired) electrons. The fourth-order valence-electron chi connectivity index (χ4n) is 2.22. The zero-order valence-electron chi connectivity index (χ0n) is 12.5. The molecule has 3 rings (SSSR count). The predicted molar refractivity (Wildman–Crippen MR) is 86.2 cm³/mol. The summed E-state index contributed by atoms with van der Waals surface area (Å²) in [7, 11) is 0. The largest absolute Gasteiger partial charge is 0.356 e. The number of carbonyl (C=O) groups excluding carboxylic acids is 1. The molecule has 0 saturated carbocycles. The molecule has 2 aromatic carbocycles. The van der Waals surface area contributed by atoms with E-state index in [2.05, 4.69) is 10.5 Å². The van der Waals surface area contributed by atoms with Gasteiger partial charge in [-0.2, -0.15) is 0 Å². The van der Waals surface area contributed by atoms with E-state index in [1.165, 1.54) is 18.2 Å². The maximum Gasteiger partial charge on any atom is 0.282 e. The molecule has 0 unspecified atom stereocenters. The summed E-state index contributed by atoms with van der Waals surface area (Å²) in [6.07, 6.45) is 0. The van der Waals surface area contributed by atoms with Crippen LogP contribution in [-0.4, -0.2) is 16.0 Å². The lowest BCUT2D eigenvalue weighted by molar-refractivity contribution is -0.385. The first-order valence-electron chi connectivity index (χ1n) is 7.18. The zero-order chi connectivity index (χ0) is 16.9. The summed E-state index contributed by atoms with van der Waals surface area (Å²) >= 11 is 0. The van der Waals surface area contributed by atoms with Crippen molar-refractivity contribution in [1.29, 1.82) is 0 Å². The minimum absolute atomic E-state index is 0.00859. The minimum atomic E-state index is -0.585. The SMILES string of the molecule is O=C(NCc1cc(-c2ccccc2)on1)c1ccccc1[N+](=O)[O-]. The van der Waals surface area contributed by atoms with Crippen molar-refractivity contribution in [1.82, 2.24) is 10.5 Å². The molecule has 0 saturated heterocycles. The van der Waals surface area contributed by atoms with Crippen LogP contribution in [0.3, 0.4) is 0 Å². The molecule has 0 aliphatic heterocycles. The third-order valence-corrected chi connectivity index (χ3v) is 3.39. The Morgan fingerprint density at radius 2 is 1.83 bits per heavy atom. The van der Waals surface area contributed by atoms with Crippen LogP contribution in [0.5, 0.6) is 0 Å². The smallest absolute Gasteiger partial charge is 0.282 e. The summed E-state index contributed by atoms with van der Waals surface area (Å²) in [5, 5.41) is 17.5. The van der Waals surface area contributed by atoms with Crippen LogP contribution in [-0.2, 0) is 6.54 Å². The van der Waals surface area contributed by atoms with Crippen LogP contribution in [0.1, 0.15) is 16.1 Å². The fraction of sp³-hybridized carbons (Fsp3) is 0.0588. The van der Waals surface area contributed by atoms with Gasteiger partial charge < -0.3 is 9.84 Å². The zero-order valence-corrected chi connectivity index (χ0v) is 12.5. The second kappa shape index (κ2) is 6.74. The van der Waals surface area contributed by atoms with Gasteiger partial charge in [0.15, 0.2) is 5.76 Å². The molecule has 0 aliphatic carbocycles. The Bertz CT molecular complexity index is 874. The second-order valence-corrected chi connectivity index (χ2v) is 5.01. The molecule has 3 aromatic rings. The van der Waals surface area contributed by atoms with E-state index >= 15 is 0 Å². The molecular formula is C17H13N3O4. The average Bonchev–Trinajstić information content (AvgIpc) is 3.09. The maximum atomic E-state index is 12.1. The van der Waals surface area contributed by atoms with Crippen molar-refractivity contribution in [2.24, 2.45) is 0 Å². The van der Waals surface area contributed by atoms with Gasteiger partial charge in [0, 0.05) is 17.7 Å². The Hall–Kier alpha value is -3.48. The molecule has 7 heteroatoms. The van der Waals surface area contributed by atoms with Gasteiger partial charge in [-0.05, 0) is 6.07 Å². The molecule has 120 valence electrons. The van der Waals surface area contributed by atoms with Gasteiger partial charge in [-0.25, -0.2) is 0 Å². The first-order chi connectivity index (χ1) is 11.6. The van der Waals surface area contributed by atoms with Gasteiger partial charge in [0.05, 0.1) is 11.5 Å². The molecule has 0 spiro atoms. The Balaban J connectivity index is 1.70. The van der Waals surface area contributed by atoms with E-state index < -0.39 is 10.8 Å². The molecular weight excluding hydrogens is 310 g/mol. The van der Waals surface area contributed by atoms with E-state index in [0.717, 1.165) is 5.56 Å². The standard InChI is InChI=1S/C17H13N3O4/c21-17(14-8-4-5-9-15(14)20(22)23)18-11-13-10-16(24-19-13)12-6-2-1-3-7-12/h1-10H,11H2,(H,18,21). The van der Waals surface area contributed by atoms with Crippen LogP contribution in [0.4, 0.5) is 5.69 Å².